The zero-order chi connectivity index (χ0) is 24.5. The van der Waals surface area contributed by atoms with Crippen molar-refractivity contribution >= 4 is 16.7 Å². The molecule has 0 aromatic heterocycles. The smallest absolute Gasteiger partial charge is 0.387 e. The first-order valence-electron chi connectivity index (χ1n) is 8.78. The topological polar surface area (TPSA) is 239 Å². The van der Waals surface area contributed by atoms with E-state index in [4.69, 9.17) is 9.94 Å². The number of carbonyl (C=O) groups is 1. The Hall–Kier alpha value is -2.47. The molecule has 0 radical (unpaired) electrons. The minimum atomic E-state index is -4.80. The Labute approximate surface area is 179 Å². The summed E-state index contributed by atoms with van der Waals surface area (Å²) in [6, 6.07) is 9.75. The lowest BCUT2D eigenvalue weighted by atomic mass is 9.97. The van der Waals surface area contributed by atoms with Crippen molar-refractivity contribution in [3.8, 4) is 5.75 Å². The van der Waals surface area contributed by atoms with Gasteiger partial charge in [0.25, 0.3) is 0 Å². The summed E-state index contributed by atoms with van der Waals surface area (Å²) in [4.78, 5) is 15.9. The van der Waals surface area contributed by atoms with Crippen LogP contribution in [0.25, 0.3) is 10.8 Å². The molecule has 0 aliphatic heterocycles. The second kappa shape index (κ2) is 8.81. The Balaban J connectivity index is 2.28. The van der Waals surface area contributed by atoms with E-state index in [9.17, 15) is 45.6 Å². The molecule has 0 saturated carbocycles. The van der Waals surface area contributed by atoms with Crippen molar-refractivity contribution in [2.45, 2.75) is 36.4 Å². The number of hydrogen-bond donors (Lipinski definition) is 10. The number of aliphatic hydroxyl groups is 8. The number of hydrogen-bond acceptors (Lipinski definition) is 14. The zero-order valence-corrected chi connectivity index (χ0v) is 16.7. The van der Waals surface area contributed by atoms with Crippen LogP contribution >= 0.6 is 0 Å². The summed E-state index contributed by atoms with van der Waals surface area (Å²) in [6.07, 6.45) is 0. The highest BCUT2D eigenvalue weighted by Crippen LogP contribution is 2.36. The molecule has 2 aromatic rings. The van der Waals surface area contributed by atoms with Gasteiger partial charge in [-0.15, -0.1) is 0 Å². The van der Waals surface area contributed by atoms with E-state index < -0.39 is 35.4 Å². The van der Waals surface area contributed by atoms with Crippen LogP contribution in [0.4, 0.5) is 0 Å². The molecule has 0 bridgehead atoms. The standard InChI is InChI=1S/C18H23NO13/c1-9(10-3-4-12-8-13(30-2)6-5-11(12)7-10)14(20)31-17(25,26)15(21,22)16(23,24)18(27,28)32-19-29/h3-9,19,21-29H,1-2H3. The van der Waals surface area contributed by atoms with E-state index in [1.807, 2.05) is 0 Å². The van der Waals surface area contributed by atoms with Gasteiger partial charge < -0.3 is 50.3 Å². The Morgan fingerprint density at radius 1 is 0.875 bits per heavy atom. The maximum atomic E-state index is 12.4. The second-order valence-electron chi connectivity index (χ2n) is 6.87. The van der Waals surface area contributed by atoms with E-state index in [1.54, 1.807) is 30.3 Å². The Morgan fingerprint density at radius 3 is 1.97 bits per heavy atom. The molecule has 14 nitrogen and oxygen atoms in total. The van der Waals surface area contributed by atoms with Crippen LogP contribution in [-0.4, -0.2) is 82.7 Å². The van der Waals surface area contributed by atoms with Gasteiger partial charge in [-0.05, 0) is 35.4 Å². The normalized spacial score (nSPS) is 14.3. The molecule has 0 aliphatic carbocycles. The highest BCUT2D eigenvalue weighted by molar-refractivity contribution is 5.86. The monoisotopic (exact) mass is 461 g/mol. The van der Waals surface area contributed by atoms with Gasteiger partial charge >= 0.3 is 29.5 Å². The highest BCUT2D eigenvalue weighted by Gasteiger charge is 2.74. The summed E-state index contributed by atoms with van der Waals surface area (Å²) in [5, 5.41) is 86.8. The van der Waals surface area contributed by atoms with Gasteiger partial charge in [0.2, 0.25) is 0 Å². The molecule has 32 heavy (non-hydrogen) atoms. The van der Waals surface area contributed by atoms with Crippen LogP contribution in [0.3, 0.4) is 0 Å². The van der Waals surface area contributed by atoms with Gasteiger partial charge in [0.1, 0.15) is 5.75 Å². The fourth-order valence-corrected chi connectivity index (χ4v) is 2.66. The molecule has 10 N–H and O–H groups in total. The number of carbonyl (C=O) groups excluding carboxylic acids is 1. The van der Waals surface area contributed by atoms with E-state index in [0.29, 0.717) is 16.8 Å². The van der Waals surface area contributed by atoms with Crippen molar-refractivity contribution in [2.24, 2.45) is 0 Å². The molecule has 1 atom stereocenters. The Morgan fingerprint density at radius 2 is 1.41 bits per heavy atom. The van der Waals surface area contributed by atoms with Gasteiger partial charge in [-0.25, -0.2) is 4.84 Å². The van der Waals surface area contributed by atoms with E-state index in [2.05, 4.69) is 9.57 Å². The highest BCUT2D eigenvalue weighted by atomic mass is 17.0. The summed E-state index contributed by atoms with van der Waals surface area (Å²) in [6.45, 7) is 1.26. The van der Waals surface area contributed by atoms with Gasteiger partial charge in [0.15, 0.2) is 0 Å². The summed E-state index contributed by atoms with van der Waals surface area (Å²) < 4.78 is 9.31. The molecule has 0 aliphatic rings. The van der Waals surface area contributed by atoms with E-state index in [-0.39, 0.29) is 5.56 Å². The Kier molecular flexibility index (Phi) is 7.10. The summed E-state index contributed by atoms with van der Waals surface area (Å²) in [7, 11) is 1.49. The first kappa shape index (κ1) is 25.8. The van der Waals surface area contributed by atoms with Crippen molar-refractivity contribution in [3.05, 3.63) is 42.0 Å². The largest absolute Gasteiger partial charge is 0.497 e. The molecular formula is C18H23NO13. The predicted molar refractivity (Wildman–Crippen MR) is 99.7 cm³/mol. The van der Waals surface area contributed by atoms with Crippen LogP contribution in [-0.2, 0) is 14.4 Å². The van der Waals surface area contributed by atoms with Crippen LogP contribution < -0.4 is 10.4 Å². The van der Waals surface area contributed by atoms with Crippen molar-refractivity contribution in [3.63, 3.8) is 0 Å². The third-order valence-electron chi connectivity index (χ3n) is 4.75. The zero-order valence-electron chi connectivity index (χ0n) is 16.7. The summed E-state index contributed by atoms with van der Waals surface area (Å²) in [5.74, 6) is -20.7. The molecule has 2 aromatic carbocycles. The van der Waals surface area contributed by atoms with Gasteiger partial charge in [-0.1, -0.05) is 29.9 Å². The number of benzene rings is 2. The van der Waals surface area contributed by atoms with E-state index in [0.717, 1.165) is 5.39 Å². The molecule has 0 spiro atoms. The molecule has 14 heteroatoms. The average molecular weight is 461 g/mol. The minimum Gasteiger partial charge on any atom is -0.497 e. The lowest BCUT2D eigenvalue weighted by Crippen LogP contribution is -2.78. The molecule has 0 heterocycles. The van der Waals surface area contributed by atoms with Crippen molar-refractivity contribution in [2.75, 3.05) is 7.11 Å². The third kappa shape index (κ3) is 4.51. The SMILES string of the molecule is COc1ccc2cc(C(C)C(=O)OC(O)(O)C(O)(O)C(O)(O)C(O)(O)ONO)ccc2c1. The average Bonchev–Trinajstić information content (AvgIpc) is 2.71. The summed E-state index contributed by atoms with van der Waals surface area (Å²) in [5.41, 5.74) is 0.906. The predicted octanol–water partition coefficient (Wildman–Crippen LogP) is -2.96. The van der Waals surface area contributed by atoms with Crippen molar-refractivity contribution in [1.82, 2.24) is 5.64 Å². The Bertz CT molecular complexity index is 973. The summed E-state index contributed by atoms with van der Waals surface area (Å²) >= 11 is 0. The van der Waals surface area contributed by atoms with Crippen LogP contribution in [0.1, 0.15) is 18.4 Å². The molecule has 178 valence electrons. The van der Waals surface area contributed by atoms with Gasteiger partial charge in [0, 0.05) is 0 Å². The first-order chi connectivity index (χ1) is 14.6. The fraction of sp³-hybridized carbons (Fsp3) is 0.389. The number of rotatable bonds is 9. The van der Waals surface area contributed by atoms with Crippen molar-refractivity contribution < 1.29 is 65.2 Å². The second-order valence-corrected chi connectivity index (χ2v) is 6.87. The lowest BCUT2D eigenvalue weighted by molar-refractivity contribution is -0.583. The third-order valence-corrected chi connectivity index (χ3v) is 4.75. The number of ether oxygens (including phenoxy) is 2. The minimum absolute atomic E-state index is 0.288. The molecule has 2 rings (SSSR count). The maximum Gasteiger partial charge on any atom is 0.387 e. The quantitative estimate of drug-likeness (QED) is 0.102. The van der Waals surface area contributed by atoms with Crippen LogP contribution in [0.2, 0.25) is 0 Å². The van der Waals surface area contributed by atoms with Gasteiger partial charge in [-0.3, -0.25) is 10.0 Å². The molecule has 0 amide bonds. The maximum absolute atomic E-state index is 12.4. The molecule has 1 unspecified atom stereocenters. The van der Waals surface area contributed by atoms with E-state index in [1.165, 1.54) is 20.1 Å². The van der Waals surface area contributed by atoms with Crippen molar-refractivity contribution in [1.29, 1.82) is 0 Å². The molecular weight excluding hydrogens is 438 g/mol. The molecule has 0 saturated heterocycles. The van der Waals surface area contributed by atoms with Crippen LogP contribution in [0.15, 0.2) is 36.4 Å². The van der Waals surface area contributed by atoms with Gasteiger partial charge in [0.05, 0.1) is 13.0 Å². The first-order valence-corrected chi connectivity index (χ1v) is 8.78. The lowest BCUT2D eigenvalue weighted by Gasteiger charge is -2.44. The van der Waals surface area contributed by atoms with Crippen LogP contribution in [0, 0.1) is 0 Å². The van der Waals surface area contributed by atoms with E-state index >= 15 is 0 Å². The van der Waals surface area contributed by atoms with Crippen LogP contribution in [0.5, 0.6) is 5.75 Å². The number of esters is 1. The number of fused-ring (bicyclic) bond motifs is 1. The molecule has 0 fully saturated rings. The van der Waals surface area contributed by atoms with Gasteiger partial charge in [-0.2, -0.15) is 0 Å². The number of nitrogens with one attached hydrogen (secondary N) is 1. The number of methoxy groups -OCH3 is 1. The fourth-order valence-electron chi connectivity index (χ4n) is 2.66.